The van der Waals surface area contributed by atoms with Crippen LogP contribution in [-0.2, 0) is 0 Å². The summed E-state index contributed by atoms with van der Waals surface area (Å²) in [6.07, 6.45) is 1.30. The van der Waals surface area contributed by atoms with Gasteiger partial charge in [-0.1, -0.05) is 41.5 Å². The normalized spacial score (nSPS) is 28.3. The molecule has 2 heteroatoms. The summed E-state index contributed by atoms with van der Waals surface area (Å²) < 4.78 is 0. The Labute approximate surface area is 115 Å². The summed E-state index contributed by atoms with van der Waals surface area (Å²) in [5.74, 6) is 2.26. The summed E-state index contributed by atoms with van der Waals surface area (Å²) in [6, 6.07) is 2.07. The molecule has 0 aromatic rings. The summed E-state index contributed by atoms with van der Waals surface area (Å²) in [5, 5.41) is 3.76. The van der Waals surface area contributed by atoms with Crippen LogP contribution in [-0.4, -0.2) is 36.1 Å². The van der Waals surface area contributed by atoms with Crippen molar-refractivity contribution in [3.8, 4) is 0 Å². The fourth-order valence-electron chi connectivity index (χ4n) is 3.06. The van der Waals surface area contributed by atoms with Gasteiger partial charge >= 0.3 is 0 Å². The topological polar surface area (TPSA) is 15.3 Å². The molecule has 1 aliphatic rings. The van der Waals surface area contributed by atoms with Gasteiger partial charge in [0.1, 0.15) is 0 Å². The fraction of sp³-hybridized carbons (Fsp3) is 1.00. The van der Waals surface area contributed by atoms with E-state index in [0.29, 0.717) is 18.1 Å². The van der Waals surface area contributed by atoms with Crippen molar-refractivity contribution in [2.24, 2.45) is 17.8 Å². The predicted octanol–water partition coefficient (Wildman–Crippen LogP) is 3.38. The van der Waals surface area contributed by atoms with Gasteiger partial charge in [0.05, 0.1) is 0 Å². The summed E-state index contributed by atoms with van der Waals surface area (Å²) in [4.78, 5) is 2.76. The van der Waals surface area contributed by atoms with Crippen LogP contribution in [0.15, 0.2) is 0 Å². The van der Waals surface area contributed by atoms with Crippen molar-refractivity contribution in [3.63, 3.8) is 0 Å². The number of nitrogens with zero attached hydrogens (tertiary/aromatic N) is 1. The first kappa shape index (κ1) is 16.0. The second kappa shape index (κ2) is 6.91. The lowest BCUT2D eigenvalue weighted by atomic mass is 9.91. The fourth-order valence-corrected chi connectivity index (χ4v) is 3.06. The minimum absolute atomic E-state index is 0.682. The maximum Gasteiger partial charge on any atom is 0.0247 e. The van der Waals surface area contributed by atoms with E-state index in [1.54, 1.807) is 0 Å². The molecule has 0 bridgehead atoms. The molecule has 1 fully saturated rings. The molecule has 0 aromatic heterocycles. The van der Waals surface area contributed by atoms with E-state index in [2.05, 4.69) is 58.7 Å². The van der Waals surface area contributed by atoms with E-state index in [4.69, 9.17) is 0 Å². The molecule has 1 rings (SSSR count). The van der Waals surface area contributed by atoms with Gasteiger partial charge in [-0.15, -0.1) is 0 Å². The molecule has 1 saturated heterocycles. The molecule has 108 valence electrons. The Morgan fingerprint density at radius 1 is 1.06 bits per heavy atom. The Balaban J connectivity index is 2.70. The van der Waals surface area contributed by atoms with Crippen LogP contribution in [0.1, 0.15) is 54.9 Å². The monoisotopic (exact) mass is 254 g/mol. The van der Waals surface area contributed by atoms with E-state index in [9.17, 15) is 0 Å². The molecule has 0 amide bonds. The van der Waals surface area contributed by atoms with Gasteiger partial charge in [-0.3, -0.25) is 4.90 Å². The average molecular weight is 254 g/mol. The van der Waals surface area contributed by atoms with Gasteiger partial charge in [0.2, 0.25) is 0 Å². The number of rotatable bonds is 5. The summed E-state index contributed by atoms with van der Waals surface area (Å²) in [7, 11) is 0. The van der Waals surface area contributed by atoms with Gasteiger partial charge in [0.15, 0.2) is 0 Å². The maximum atomic E-state index is 3.76. The minimum atomic E-state index is 0.682. The smallest absolute Gasteiger partial charge is 0.0247 e. The lowest BCUT2D eigenvalue weighted by Crippen LogP contribution is -2.61. The van der Waals surface area contributed by atoms with Gasteiger partial charge in [-0.2, -0.15) is 0 Å². The molecule has 3 atom stereocenters. The largest absolute Gasteiger partial charge is 0.311 e. The second-order valence-corrected chi connectivity index (χ2v) is 7.23. The molecule has 1 N–H and O–H groups in total. The molecule has 0 saturated carbocycles. The van der Waals surface area contributed by atoms with E-state index in [1.807, 2.05) is 0 Å². The van der Waals surface area contributed by atoms with Crippen molar-refractivity contribution in [2.75, 3.05) is 13.1 Å². The molecule has 0 aromatic carbocycles. The Kier molecular flexibility index (Phi) is 6.13. The zero-order valence-electron chi connectivity index (χ0n) is 13.5. The van der Waals surface area contributed by atoms with Crippen LogP contribution < -0.4 is 5.32 Å². The van der Waals surface area contributed by atoms with E-state index in [1.165, 1.54) is 13.0 Å². The molecule has 18 heavy (non-hydrogen) atoms. The predicted molar refractivity (Wildman–Crippen MR) is 80.9 cm³/mol. The van der Waals surface area contributed by atoms with Crippen molar-refractivity contribution in [2.45, 2.75) is 73.0 Å². The lowest BCUT2D eigenvalue weighted by molar-refractivity contribution is 0.0399. The van der Waals surface area contributed by atoms with Crippen molar-refractivity contribution in [1.29, 1.82) is 0 Å². The highest BCUT2D eigenvalue weighted by Gasteiger charge is 2.33. The molecule has 0 aliphatic carbocycles. The van der Waals surface area contributed by atoms with Gasteiger partial charge < -0.3 is 5.32 Å². The Morgan fingerprint density at radius 3 is 2.11 bits per heavy atom. The van der Waals surface area contributed by atoms with Gasteiger partial charge in [0.25, 0.3) is 0 Å². The molecule has 1 heterocycles. The van der Waals surface area contributed by atoms with Crippen LogP contribution in [0.2, 0.25) is 0 Å². The summed E-state index contributed by atoms with van der Waals surface area (Å²) >= 11 is 0. The van der Waals surface area contributed by atoms with E-state index in [0.717, 1.165) is 24.3 Å². The van der Waals surface area contributed by atoms with Crippen LogP contribution in [0, 0.1) is 17.8 Å². The third-order valence-corrected chi connectivity index (χ3v) is 4.49. The first-order chi connectivity index (χ1) is 8.32. The molecule has 2 nitrogen and oxygen atoms in total. The number of hydrogen-bond acceptors (Lipinski definition) is 2. The molecule has 0 spiro atoms. The maximum absolute atomic E-state index is 3.76. The van der Waals surface area contributed by atoms with Crippen LogP contribution >= 0.6 is 0 Å². The minimum Gasteiger partial charge on any atom is -0.311 e. The van der Waals surface area contributed by atoms with Crippen LogP contribution in [0.25, 0.3) is 0 Å². The van der Waals surface area contributed by atoms with Crippen LogP contribution in [0.5, 0.6) is 0 Å². The van der Waals surface area contributed by atoms with Gasteiger partial charge in [-0.05, 0) is 31.1 Å². The standard InChI is InChI=1S/C16H34N2/c1-11(2)8-15-10-18(14(7)12(3)4)16(9-17-15)13(5)6/h11-17H,8-10H2,1-7H3. The highest BCUT2D eigenvalue weighted by molar-refractivity contribution is 4.91. The molecular weight excluding hydrogens is 220 g/mol. The van der Waals surface area contributed by atoms with Crippen molar-refractivity contribution >= 4 is 0 Å². The van der Waals surface area contributed by atoms with E-state index < -0.39 is 0 Å². The Bertz CT molecular complexity index is 235. The van der Waals surface area contributed by atoms with Crippen LogP contribution in [0.3, 0.4) is 0 Å². The first-order valence-corrected chi connectivity index (χ1v) is 7.82. The second-order valence-electron chi connectivity index (χ2n) is 7.23. The average Bonchev–Trinajstić information content (AvgIpc) is 2.26. The highest BCUT2D eigenvalue weighted by atomic mass is 15.3. The van der Waals surface area contributed by atoms with Crippen molar-refractivity contribution < 1.29 is 0 Å². The number of hydrogen-bond donors (Lipinski definition) is 1. The van der Waals surface area contributed by atoms with Crippen molar-refractivity contribution in [1.82, 2.24) is 10.2 Å². The zero-order chi connectivity index (χ0) is 13.9. The quantitative estimate of drug-likeness (QED) is 0.809. The summed E-state index contributed by atoms with van der Waals surface area (Å²) in [6.45, 7) is 18.8. The van der Waals surface area contributed by atoms with Crippen molar-refractivity contribution in [3.05, 3.63) is 0 Å². The molecule has 3 unspecified atom stereocenters. The van der Waals surface area contributed by atoms with E-state index in [-0.39, 0.29) is 0 Å². The summed E-state index contributed by atoms with van der Waals surface area (Å²) in [5.41, 5.74) is 0. The molecular formula is C16H34N2. The zero-order valence-corrected chi connectivity index (χ0v) is 13.5. The molecule has 1 aliphatic heterocycles. The first-order valence-electron chi connectivity index (χ1n) is 7.82. The molecule has 0 radical (unpaired) electrons. The third kappa shape index (κ3) is 4.24. The Hall–Kier alpha value is -0.0800. The van der Waals surface area contributed by atoms with Gasteiger partial charge in [-0.25, -0.2) is 0 Å². The lowest BCUT2D eigenvalue weighted by Gasteiger charge is -2.47. The Morgan fingerprint density at radius 2 is 1.67 bits per heavy atom. The van der Waals surface area contributed by atoms with Gasteiger partial charge in [0, 0.05) is 31.2 Å². The third-order valence-electron chi connectivity index (χ3n) is 4.49. The highest BCUT2D eigenvalue weighted by Crippen LogP contribution is 2.23. The SMILES string of the molecule is CC(C)CC1CN(C(C)C(C)C)C(C(C)C)CN1. The van der Waals surface area contributed by atoms with E-state index >= 15 is 0 Å². The number of nitrogens with one attached hydrogen (secondary N) is 1. The van der Waals surface area contributed by atoms with Crippen LogP contribution in [0.4, 0.5) is 0 Å². The number of piperazine rings is 1.